The maximum absolute atomic E-state index is 15.5. The second-order valence-electron chi connectivity index (χ2n) is 13.7. The highest BCUT2D eigenvalue weighted by atomic mass is 35.5. The van der Waals surface area contributed by atoms with E-state index in [-0.39, 0.29) is 41.7 Å². The molecule has 0 radical (unpaired) electrons. The number of anilines is 2. The summed E-state index contributed by atoms with van der Waals surface area (Å²) < 4.78 is 11.4. The van der Waals surface area contributed by atoms with Gasteiger partial charge >= 0.3 is 0 Å². The molecule has 9 nitrogen and oxygen atoms in total. The third-order valence-electron chi connectivity index (χ3n) is 11.4. The molecule has 2 heterocycles. The van der Waals surface area contributed by atoms with Gasteiger partial charge in [0.2, 0.25) is 23.6 Å². The molecule has 1 saturated carbocycles. The smallest absolute Gasteiger partial charge is 0.246 e. The number of imide groups is 2. The molecule has 3 fully saturated rings. The van der Waals surface area contributed by atoms with Gasteiger partial charge in [-0.1, -0.05) is 84.4 Å². The molecule has 2 aliphatic carbocycles. The monoisotopic (exact) mass is 714 g/mol. The molecule has 1 N–H and O–H groups in total. The molecule has 6 atom stereocenters. The molecule has 4 aliphatic rings. The second kappa shape index (κ2) is 12.5. The average Bonchev–Trinajstić information content (AvgIpc) is 3.55. The summed E-state index contributed by atoms with van der Waals surface area (Å²) >= 11 is 6.41. The Morgan fingerprint density at radius 1 is 0.827 bits per heavy atom. The van der Waals surface area contributed by atoms with Crippen LogP contribution in [0.2, 0.25) is 5.02 Å². The number of nitrogens with zero attached hydrogens (tertiary/aromatic N) is 2. The number of hydrogen-bond acceptors (Lipinski definition) is 7. The molecule has 2 saturated heterocycles. The van der Waals surface area contributed by atoms with Gasteiger partial charge in [0.25, 0.3) is 0 Å². The van der Waals surface area contributed by atoms with E-state index in [1.165, 1.54) is 30.1 Å². The minimum Gasteiger partial charge on any atom is -0.507 e. The van der Waals surface area contributed by atoms with Crippen molar-refractivity contribution in [3.8, 4) is 17.2 Å². The maximum Gasteiger partial charge on any atom is 0.246 e. The molecule has 4 aromatic carbocycles. The number of halogens is 1. The standard InChI is InChI=1S/C42H35ClN2O7/c1-4-23-13-15-26(16-14-23)44-38(47)30-18-17-29-31(35(30)40(44)49)22-32-39(48)45(27-12-8-11-25(43)19-27)41(50)42(32,24-9-6-5-7-10-24)37(29)36-33(46)20-28(51-2)21-34(36)52-3/h4-17,19-21,30-32,35,37,46H,1,18,22H2,2-3H3/t30-,31+,32-,35-,37+,42+/m0/s1. The number of allylic oxidation sites excluding steroid dienone is 2. The molecule has 262 valence electrons. The van der Waals surface area contributed by atoms with Crippen LogP contribution in [-0.2, 0) is 24.6 Å². The van der Waals surface area contributed by atoms with E-state index in [9.17, 15) is 19.5 Å². The Labute approximate surface area is 305 Å². The van der Waals surface area contributed by atoms with Crippen molar-refractivity contribution in [2.24, 2.45) is 23.7 Å². The number of hydrogen-bond donors (Lipinski definition) is 1. The van der Waals surface area contributed by atoms with E-state index >= 15 is 4.79 Å². The Kier molecular flexibility index (Phi) is 8.06. The average molecular weight is 715 g/mol. The number of phenols is 1. The van der Waals surface area contributed by atoms with Crippen molar-refractivity contribution in [2.75, 3.05) is 24.0 Å². The maximum atomic E-state index is 15.5. The first-order valence-electron chi connectivity index (χ1n) is 17.1. The van der Waals surface area contributed by atoms with Gasteiger partial charge in [-0.15, -0.1) is 0 Å². The van der Waals surface area contributed by atoms with Crippen molar-refractivity contribution < 1.29 is 33.8 Å². The van der Waals surface area contributed by atoms with Crippen molar-refractivity contribution in [1.29, 1.82) is 0 Å². The Bertz CT molecular complexity index is 2200. The fraction of sp³-hybridized carbons (Fsp3) is 0.238. The quantitative estimate of drug-likeness (QED) is 0.161. The van der Waals surface area contributed by atoms with Gasteiger partial charge in [0.15, 0.2) is 0 Å². The lowest BCUT2D eigenvalue weighted by Crippen LogP contribution is -2.53. The summed E-state index contributed by atoms with van der Waals surface area (Å²) in [5.41, 5.74) is 1.58. The predicted octanol–water partition coefficient (Wildman–Crippen LogP) is 7.07. The molecule has 0 aromatic heterocycles. The molecular formula is C42H35ClN2O7. The second-order valence-corrected chi connectivity index (χ2v) is 14.1. The fourth-order valence-electron chi connectivity index (χ4n) is 9.24. The summed E-state index contributed by atoms with van der Waals surface area (Å²) in [7, 11) is 2.93. The lowest BCUT2D eigenvalue weighted by Gasteiger charge is -2.51. The predicted molar refractivity (Wildman–Crippen MR) is 196 cm³/mol. The Morgan fingerprint density at radius 3 is 2.25 bits per heavy atom. The van der Waals surface area contributed by atoms with Crippen LogP contribution in [0, 0.1) is 23.7 Å². The van der Waals surface area contributed by atoms with Crippen LogP contribution in [0.1, 0.15) is 35.4 Å². The van der Waals surface area contributed by atoms with E-state index in [4.69, 9.17) is 21.1 Å². The van der Waals surface area contributed by atoms with Crippen LogP contribution in [0.15, 0.2) is 109 Å². The van der Waals surface area contributed by atoms with Crippen molar-refractivity contribution in [2.45, 2.75) is 24.2 Å². The molecule has 10 heteroatoms. The first-order chi connectivity index (χ1) is 25.1. The molecular weight excluding hydrogens is 680 g/mol. The zero-order valence-electron chi connectivity index (χ0n) is 28.5. The van der Waals surface area contributed by atoms with E-state index in [2.05, 4.69) is 6.58 Å². The fourth-order valence-corrected chi connectivity index (χ4v) is 9.42. The highest BCUT2D eigenvalue weighted by Crippen LogP contribution is 2.66. The number of phenolic OH excluding ortho intramolecular Hbond substituents is 1. The van der Waals surface area contributed by atoms with E-state index < -0.39 is 46.8 Å². The molecule has 2 aliphatic heterocycles. The summed E-state index contributed by atoms with van der Waals surface area (Å²) in [6.45, 7) is 3.80. The van der Waals surface area contributed by atoms with E-state index in [0.29, 0.717) is 33.3 Å². The normalized spacial score (nSPS) is 26.4. The van der Waals surface area contributed by atoms with E-state index in [0.717, 1.165) is 5.56 Å². The number of carbonyl (C=O) groups is 4. The SMILES string of the molecule is C=Cc1ccc(N2C(=O)[C@H]3[C@H](CC=C4[C@H]3C[C@H]3C(=O)N(c5cccc(Cl)c5)C(=O)[C@@]3(c3ccccc3)[C@H]4c3c(O)cc(OC)cc3OC)C2=O)cc1. The van der Waals surface area contributed by atoms with E-state index in [1.54, 1.807) is 60.7 Å². The lowest BCUT2D eigenvalue weighted by molar-refractivity contribution is -0.127. The topological polar surface area (TPSA) is 113 Å². The van der Waals surface area contributed by atoms with Gasteiger partial charge < -0.3 is 14.6 Å². The van der Waals surface area contributed by atoms with E-state index in [1.807, 2.05) is 36.4 Å². The third kappa shape index (κ3) is 4.68. The zero-order chi connectivity index (χ0) is 36.5. The number of aromatic hydroxyl groups is 1. The summed E-state index contributed by atoms with van der Waals surface area (Å²) in [5.74, 6) is -5.32. The van der Waals surface area contributed by atoms with Crippen LogP contribution >= 0.6 is 11.6 Å². The summed E-state index contributed by atoms with van der Waals surface area (Å²) in [5, 5.41) is 12.2. The molecule has 0 spiro atoms. The minimum atomic E-state index is -1.58. The molecule has 0 unspecified atom stereocenters. The first-order valence-corrected chi connectivity index (χ1v) is 17.5. The minimum absolute atomic E-state index is 0.113. The number of carbonyl (C=O) groups excluding carboxylic acids is 4. The zero-order valence-corrected chi connectivity index (χ0v) is 29.2. The first kappa shape index (κ1) is 33.5. The van der Waals surface area contributed by atoms with Gasteiger partial charge in [-0.25, -0.2) is 4.90 Å². The van der Waals surface area contributed by atoms with Crippen LogP contribution < -0.4 is 19.3 Å². The van der Waals surface area contributed by atoms with Crippen LogP contribution in [0.3, 0.4) is 0 Å². The number of methoxy groups -OCH3 is 2. The number of rotatable bonds is 7. The van der Waals surface area contributed by atoms with Crippen LogP contribution in [0.5, 0.6) is 17.2 Å². The molecule has 4 aromatic rings. The van der Waals surface area contributed by atoms with Gasteiger partial charge in [0.05, 0.1) is 48.8 Å². The summed E-state index contributed by atoms with van der Waals surface area (Å²) in [6.07, 6.45) is 3.97. The Morgan fingerprint density at radius 2 is 1.58 bits per heavy atom. The van der Waals surface area contributed by atoms with Gasteiger partial charge in [-0.3, -0.25) is 24.1 Å². The van der Waals surface area contributed by atoms with Gasteiger partial charge in [-0.2, -0.15) is 0 Å². The molecule has 52 heavy (non-hydrogen) atoms. The number of amides is 4. The lowest BCUT2D eigenvalue weighted by atomic mass is 9.49. The van der Waals surface area contributed by atoms with Gasteiger partial charge in [0.1, 0.15) is 17.2 Å². The number of ether oxygens (including phenoxy) is 2. The van der Waals surface area contributed by atoms with Crippen molar-refractivity contribution >= 4 is 52.7 Å². The van der Waals surface area contributed by atoms with Gasteiger partial charge in [0, 0.05) is 28.6 Å². The summed E-state index contributed by atoms with van der Waals surface area (Å²) in [6, 6.07) is 25.8. The highest BCUT2D eigenvalue weighted by Gasteiger charge is 2.71. The van der Waals surface area contributed by atoms with Crippen LogP contribution in [0.25, 0.3) is 6.08 Å². The number of benzene rings is 4. The van der Waals surface area contributed by atoms with Crippen molar-refractivity contribution in [3.63, 3.8) is 0 Å². The van der Waals surface area contributed by atoms with Crippen LogP contribution in [-0.4, -0.2) is 43.0 Å². The summed E-state index contributed by atoms with van der Waals surface area (Å²) in [4.78, 5) is 61.5. The van der Waals surface area contributed by atoms with Crippen LogP contribution in [0.4, 0.5) is 11.4 Å². The third-order valence-corrected chi connectivity index (χ3v) is 11.6. The Balaban J connectivity index is 1.38. The number of fused-ring (bicyclic) bond motifs is 4. The Hall–Kier alpha value is -5.67. The molecule has 8 rings (SSSR count). The molecule has 0 bridgehead atoms. The van der Waals surface area contributed by atoms with Gasteiger partial charge in [-0.05, 0) is 60.2 Å². The van der Waals surface area contributed by atoms with Crippen molar-refractivity contribution in [1.82, 2.24) is 0 Å². The molecule has 4 amide bonds. The largest absolute Gasteiger partial charge is 0.507 e. The van der Waals surface area contributed by atoms with Crippen molar-refractivity contribution in [3.05, 3.63) is 131 Å². The highest BCUT2D eigenvalue weighted by molar-refractivity contribution is 6.32.